The van der Waals surface area contributed by atoms with Gasteiger partial charge in [0.25, 0.3) is 0 Å². The maximum absolute atomic E-state index is 12.8. The minimum absolute atomic E-state index is 0.0353. The van der Waals surface area contributed by atoms with Gasteiger partial charge in [0.05, 0.1) is 23.2 Å². The van der Waals surface area contributed by atoms with Crippen LogP contribution >= 0.6 is 24.0 Å². The molecule has 1 fully saturated rings. The standard InChI is InChI=1S/C30H23F3N6O2S2/c1-18(35-28(42)36-29-39(26(40)16-43-29)25-5-3-2-4-24(25)20-8-9-20)19-6-10-21(11-7-19)27-34-17-38(37-27)22-12-14-23(15-13-22)41-30(31,32)33/h2-15,17-18,20H,16H2,1H3,(H,35,42)/b36-29-. The number of benzene rings is 3. The molecule has 0 bridgehead atoms. The molecule has 0 saturated carbocycles. The minimum atomic E-state index is -4.75. The third kappa shape index (κ3) is 6.62. The van der Waals surface area contributed by atoms with Crippen molar-refractivity contribution >= 4 is 45.9 Å². The number of amides is 1. The van der Waals surface area contributed by atoms with Crippen LogP contribution in [-0.4, -0.2) is 43.1 Å². The van der Waals surface area contributed by atoms with E-state index in [2.05, 4.69) is 37.3 Å². The summed E-state index contributed by atoms with van der Waals surface area (Å²) in [7, 11) is 0. The summed E-state index contributed by atoms with van der Waals surface area (Å²) in [5, 5.41) is 8.49. The van der Waals surface area contributed by atoms with Crippen LogP contribution in [0.5, 0.6) is 5.75 Å². The van der Waals surface area contributed by atoms with Gasteiger partial charge in [-0.2, -0.15) is 4.99 Å². The van der Waals surface area contributed by atoms with E-state index in [1.165, 1.54) is 47.0 Å². The molecule has 1 aromatic heterocycles. The monoisotopic (exact) mass is 620 g/mol. The van der Waals surface area contributed by atoms with Gasteiger partial charge in [0, 0.05) is 11.5 Å². The maximum atomic E-state index is 12.8. The van der Waals surface area contributed by atoms with Gasteiger partial charge in [0.2, 0.25) is 5.91 Å². The molecule has 2 heterocycles. The first-order valence-electron chi connectivity index (χ1n) is 13.1. The Morgan fingerprint density at radius 1 is 1.09 bits per heavy atom. The molecule has 43 heavy (non-hydrogen) atoms. The Morgan fingerprint density at radius 2 is 1.81 bits per heavy atom. The third-order valence-corrected chi connectivity index (χ3v) is 7.85. The smallest absolute Gasteiger partial charge is 0.406 e. The number of aromatic nitrogens is 3. The number of carbonyl (C=O) groups excluding carboxylic acids is 1. The Bertz CT molecular complexity index is 1730. The van der Waals surface area contributed by atoms with Crippen LogP contribution in [0.2, 0.25) is 0 Å². The molecular formula is C30H23F3N6O2S2. The summed E-state index contributed by atoms with van der Waals surface area (Å²) in [5.74, 6) is 0.638. The number of allylic oxidation sites excluding steroid dienone is 2. The molecule has 0 spiro atoms. The second-order valence-electron chi connectivity index (χ2n) is 9.73. The number of nitrogens with zero attached hydrogens (tertiary/aromatic N) is 5. The summed E-state index contributed by atoms with van der Waals surface area (Å²) in [5.41, 5.74) is 4.12. The van der Waals surface area contributed by atoms with E-state index in [1.54, 1.807) is 4.90 Å². The zero-order chi connectivity index (χ0) is 30.1. The first-order chi connectivity index (χ1) is 20.6. The molecule has 6 rings (SSSR count). The number of hydrogen-bond donors (Lipinski definition) is 1. The Kier molecular flexibility index (Phi) is 7.75. The van der Waals surface area contributed by atoms with Crippen LogP contribution < -0.4 is 15.0 Å². The van der Waals surface area contributed by atoms with E-state index < -0.39 is 6.36 Å². The van der Waals surface area contributed by atoms with E-state index >= 15 is 0 Å². The Balaban J connectivity index is 1.11. The van der Waals surface area contributed by atoms with Crippen molar-refractivity contribution in [1.29, 1.82) is 0 Å². The van der Waals surface area contributed by atoms with Crippen LogP contribution in [-0.2, 0) is 4.79 Å². The number of halogens is 3. The van der Waals surface area contributed by atoms with Gasteiger partial charge in [-0.15, -0.1) is 18.3 Å². The van der Waals surface area contributed by atoms with Crippen LogP contribution in [0.25, 0.3) is 17.1 Å². The molecule has 1 saturated heterocycles. The molecule has 1 unspecified atom stereocenters. The van der Waals surface area contributed by atoms with E-state index in [0.717, 1.165) is 22.4 Å². The molecule has 218 valence electrons. The summed E-state index contributed by atoms with van der Waals surface area (Å²) < 4.78 is 42.6. The van der Waals surface area contributed by atoms with Gasteiger partial charge in [-0.1, -0.05) is 66.4 Å². The largest absolute Gasteiger partial charge is 0.573 e. The first kappa shape index (κ1) is 28.6. The molecule has 1 N–H and O–H groups in total. The van der Waals surface area contributed by atoms with Crippen molar-refractivity contribution in [3.8, 4) is 22.8 Å². The average Bonchev–Trinajstić information content (AvgIpc) is 3.60. The van der Waals surface area contributed by atoms with Crippen LogP contribution in [0.3, 0.4) is 0 Å². The van der Waals surface area contributed by atoms with Gasteiger partial charge in [0.1, 0.15) is 12.1 Å². The van der Waals surface area contributed by atoms with Crippen LogP contribution in [0, 0.1) is 0 Å². The fraction of sp³-hybridized carbons (Fsp3) is 0.167. The number of rotatable bonds is 7. The molecule has 1 amide bonds. The lowest BCUT2D eigenvalue weighted by Crippen LogP contribution is -2.32. The predicted molar refractivity (Wildman–Crippen MR) is 163 cm³/mol. The maximum Gasteiger partial charge on any atom is 0.573 e. The van der Waals surface area contributed by atoms with E-state index in [-0.39, 0.29) is 28.7 Å². The fourth-order valence-electron chi connectivity index (χ4n) is 4.55. The van der Waals surface area contributed by atoms with Gasteiger partial charge in [-0.25, -0.2) is 9.67 Å². The number of thiocarbonyl (C=S) groups is 1. The summed E-state index contributed by atoms with van der Waals surface area (Å²) in [6.07, 6.45) is 0.905. The lowest BCUT2D eigenvalue weighted by molar-refractivity contribution is -0.274. The number of hydrogen-bond acceptors (Lipinski definition) is 6. The number of para-hydroxylation sites is 1. The SMILES string of the molecule is CC(NC(=S)/N=C1\SCC(=O)N1c1ccccc1C1C=C1)c1ccc(-c2ncn(-c3ccc(OC(F)(F)F)cc3)n2)cc1. The molecule has 1 aliphatic heterocycles. The second-order valence-corrected chi connectivity index (χ2v) is 11.1. The first-order valence-corrected chi connectivity index (χ1v) is 14.5. The Morgan fingerprint density at radius 3 is 2.51 bits per heavy atom. The zero-order valence-corrected chi connectivity index (χ0v) is 24.2. The van der Waals surface area contributed by atoms with E-state index in [9.17, 15) is 18.0 Å². The van der Waals surface area contributed by atoms with Crippen molar-refractivity contribution in [3.05, 3.63) is 102 Å². The molecule has 4 aromatic rings. The molecule has 3 aromatic carbocycles. The predicted octanol–water partition coefficient (Wildman–Crippen LogP) is 6.56. The van der Waals surface area contributed by atoms with Gasteiger partial charge in [-0.3, -0.25) is 9.69 Å². The van der Waals surface area contributed by atoms with Crippen molar-refractivity contribution < 1.29 is 22.7 Å². The van der Waals surface area contributed by atoms with Gasteiger partial charge in [0.15, 0.2) is 16.1 Å². The highest BCUT2D eigenvalue weighted by Gasteiger charge is 2.33. The van der Waals surface area contributed by atoms with Crippen molar-refractivity contribution in [1.82, 2.24) is 20.1 Å². The summed E-state index contributed by atoms with van der Waals surface area (Å²) in [6.45, 7) is 1.96. The fourth-order valence-corrected chi connectivity index (χ4v) is 5.73. The summed E-state index contributed by atoms with van der Waals surface area (Å²) in [6, 6.07) is 20.6. The van der Waals surface area contributed by atoms with Crippen LogP contribution in [0.4, 0.5) is 18.9 Å². The molecule has 1 atom stereocenters. The number of alkyl halides is 3. The number of aliphatic imine (C=N–C) groups is 1. The number of carbonyl (C=O) groups is 1. The highest BCUT2D eigenvalue weighted by molar-refractivity contribution is 8.15. The van der Waals surface area contributed by atoms with Crippen molar-refractivity contribution in [2.75, 3.05) is 10.7 Å². The lowest BCUT2D eigenvalue weighted by atomic mass is 10.1. The normalized spacial score (nSPS) is 16.5. The Hall–Kier alpha value is -4.49. The summed E-state index contributed by atoms with van der Waals surface area (Å²) >= 11 is 6.90. The highest BCUT2D eigenvalue weighted by atomic mass is 32.2. The van der Waals surface area contributed by atoms with Crippen molar-refractivity contribution in [2.24, 2.45) is 4.99 Å². The zero-order valence-electron chi connectivity index (χ0n) is 22.5. The van der Waals surface area contributed by atoms with Crippen LogP contribution in [0.1, 0.15) is 30.0 Å². The third-order valence-electron chi connectivity index (χ3n) is 6.72. The molecule has 13 heteroatoms. The second kappa shape index (κ2) is 11.7. The lowest BCUT2D eigenvalue weighted by Gasteiger charge is -2.20. The average molecular weight is 621 g/mol. The highest BCUT2D eigenvalue weighted by Crippen LogP contribution is 2.39. The molecule has 0 radical (unpaired) electrons. The van der Waals surface area contributed by atoms with Gasteiger partial charge >= 0.3 is 6.36 Å². The van der Waals surface area contributed by atoms with E-state index in [4.69, 9.17) is 12.2 Å². The van der Waals surface area contributed by atoms with Gasteiger partial charge < -0.3 is 10.1 Å². The number of anilines is 1. The number of thioether (sulfide) groups is 1. The van der Waals surface area contributed by atoms with Gasteiger partial charge in [-0.05, 0) is 60.6 Å². The molecule has 1 aliphatic carbocycles. The van der Waals surface area contributed by atoms with Crippen LogP contribution in [0.15, 0.2) is 96.3 Å². The van der Waals surface area contributed by atoms with E-state index in [0.29, 0.717) is 22.4 Å². The van der Waals surface area contributed by atoms with Crippen molar-refractivity contribution in [3.63, 3.8) is 0 Å². The molecule has 8 nitrogen and oxygen atoms in total. The number of amidine groups is 1. The quantitative estimate of drug-likeness (QED) is 0.185. The molecule has 2 aliphatic rings. The minimum Gasteiger partial charge on any atom is -0.406 e. The summed E-state index contributed by atoms with van der Waals surface area (Å²) in [4.78, 5) is 23.3. The number of ether oxygens (including phenoxy) is 1. The number of nitrogens with one attached hydrogen (secondary N) is 1. The van der Waals surface area contributed by atoms with E-state index in [1.807, 2.05) is 55.5 Å². The molecular weight excluding hydrogens is 597 g/mol. The van der Waals surface area contributed by atoms with Crippen molar-refractivity contribution in [2.45, 2.75) is 25.2 Å². The topological polar surface area (TPSA) is 84.6 Å². The Labute approximate surface area is 254 Å².